The van der Waals surface area contributed by atoms with Gasteiger partial charge < -0.3 is 10.1 Å². The molecule has 0 unspecified atom stereocenters. The SMILES string of the molecule is CCCOc1ccccc1NC(=O)Cn1cnc2c(C)cccc2c1=O. The number of nitrogens with one attached hydrogen (secondary N) is 1. The highest BCUT2D eigenvalue weighted by molar-refractivity contribution is 5.92. The van der Waals surface area contributed by atoms with E-state index in [0.717, 1.165) is 12.0 Å². The van der Waals surface area contributed by atoms with E-state index < -0.39 is 0 Å². The monoisotopic (exact) mass is 351 g/mol. The van der Waals surface area contributed by atoms with Crippen molar-refractivity contribution in [1.29, 1.82) is 0 Å². The van der Waals surface area contributed by atoms with Crippen LogP contribution < -0.4 is 15.6 Å². The van der Waals surface area contributed by atoms with E-state index in [1.807, 2.05) is 38.1 Å². The Morgan fingerprint density at radius 2 is 2.00 bits per heavy atom. The van der Waals surface area contributed by atoms with Crippen LogP contribution in [-0.4, -0.2) is 22.1 Å². The van der Waals surface area contributed by atoms with Gasteiger partial charge in [0.2, 0.25) is 5.91 Å². The number of carbonyl (C=O) groups excluding carboxylic acids is 1. The first-order chi connectivity index (χ1) is 12.6. The minimum Gasteiger partial charge on any atom is -0.491 e. The molecule has 134 valence electrons. The van der Waals surface area contributed by atoms with Gasteiger partial charge in [-0.15, -0.1) is 0 Å². The number of anilines is 1. The average molecular weight is 351 g/mol. The number of aryl methyl sites for hydroxylation is 1. The van der Waals surface area contributed by atoms with Crippen molar-refractivity contribution < 1.29 is 9.53 Å². The number of amides is 1. The molecule has 2 aromatic carbocycles. The maximum absolute atomic E-state index is 12.6. The van der Waals surface area contributed by atoms with Gasteiger partial charge in [-0.25, -0.2) is 4.98 Å². The molecule has 0 radical (unpaired) electrons. The van der Waals surface area contributed by atoms with E-state index in [9.17, 15) is 9.59 Å². The lowest BCUT2D eigenvalue weighted by Crippen LogP contribution is -2.28. The fraction of sp³-hybridized carbons (Fsp3) is 0.250. The molecule has 0 atom stereocenters. The van der Waals surface area contributed by atoms with Gasteiger partial charge in [-0.3, -0.25) is 14.2 Å². The summed E-state index contributed by atoms with van der Waals surface area (Å²) in [6.07, 6.45) is 2.29. The van der Waals surface area contributed by atoms with Gasteiger partial charge in [0.25, 0.3) is 5.56 Å². The fourth-order valence-corrected chi connectivity index (χ4v) is 2.70. The lowest BCUT2D eigenvalue weighted by atomic mass is 10.1. The fourth-order valence-electron chi connectivity index (χ4n) is 2.70. The second-order valence-electron chi connectivity index (χ2n) is 6.04. The first-order valence-electron chi connectivity index (χ1n) is 8.56. The van der Waals surface area contributed by atoms with Crippen molar-refractivity contribution in [2.24, 2.45) is 0 Å². The van der Waals surface area contributed by atoms with Crippen LogP contribution >= 0.6 is 0 Å². The van der Waals surface area contributed by atoms with Crippen molar-refractivity contribution in [3.05, 3.63) is 64.7 Å². The Bertz CT molecular complexity index is 995. The quantitative estimate of drug-likeness (QED) is 0.740. The highest BCUT2D eigenvalue weighted by Gasteiger charge is 2.11. The largest absolute Gasteiger partial charge is 0.491 e. The van der Waals surface area contributed by atoms with Gasteiger partial charge in [-0.05, 0) is 37.1 Å². The zero-order valence-corrected chi connectivity index (χ0v) is 14.9. The van der Waals surface area contributed by atoms with Crippen molar-refractivity contribution in [1.82, 2.24) is 9.55 Å². The summed E-state index contributed by atoms with van der Waals surface area (Å²) in [4.78, 5) is 29.3. The number of carbonyl (C=O) groups is 1. The van der Waals surface area contributed by atoms with Gasteiger partial charge in [0.1, 0.15) is 12.3 Å². The Morgan fingerprint density at radius 1 is 1.19 bits per heavy atom. The standard InChI is InChI=1S/C20H21N3O3/c1-3-11-26-17-10-5-4-9-16(17)22-18(24)12-23-13-21-19-14(2)7-6-8-15(19)20(23)25/h4-10,13H,3,11-12H2,1-2H3,(H,22,24). The number of rotatable bonds is 6. The Labute approximate surface area is 151 Å². The van der Waals surface area contributed by atoms with Crippen LogP contribution in [0.5, 0.6) is 5.75 Å². The number of aromatic nitrogens is 2. The Hall–Kier alpha value is -3.15. The predicted octanol–water partition coefficient (Wildman–Crippen LogP) is 3.13. The minimum absolute atomic E-state index is 0.113. The first-order valence-corrected chi connectivity index (χ1v) is 8.56. The molecular formula is C20H21N3O3. The second kappa shape index (κ2) is 7.82. The van der Waals surface area contributed by atoms with Crippen molar-refractivity contribution in [2.45, 2.75) is 26.8 Å². The van der Waals surface area contributed by atoms with E-state index in [-0.39, 0.29) is 18.0 Å². The summed E-state index contributed by atoms with van der Waals surface area (Å²) >= 11 is 0. The molecule has 1 N–H and O–H groups in total. The lowest BCUT2D eigenvalue weighted by molar-refractivity contribution is -0.116. The normalized spacial score (nSPS) is 10.7. The molecule has 6 heteroatoms. The third-order valence-corrected chi connectivity index (χ3v) is 3.99. The van der Waals surface area contributed by atoms with Crippen LogP contribution in [0.1, 0.15) is 18.9 Å². The van der Waals surface area contributed by atoms with Crippen LogP contribution in [0.15, 0.2) is 53.6 Å². The molecule has 1 aromatic heterocycles. The van der Waals surface area contributed by atoms with Gasteiger partial charge in [0.05, 0.1) is 29.5 Å². The van der Waals surface area contributed by atoms with Crippen LogP contribution in [0.4, 0.5) is 5.69 Å². The summed E-state index contributed by atoms with van der Waals surface area (Å²) < 4.78 is 6.95. The number of hydrogen-bond acceptors (Lipinski definition) is 4. The third-order valence-electron chi connectivity index (χ3n) is 3.99. The summed E-state index contributed by atoms with van der Waals surface area (Å²) in [6, 6.07) is 12.7. The molecular weight excluding hydrogens is 330 g/mol. The minimum atomic E-state index is -0.312. The van der Waals surface area contributed by atoms with E-state index in [2.05, 4.69) is 10.3 Å². The first kappa shape index (κ1) is 17.7. The van der Waals surface area contributed by atoms with E-state index in [4.69, 9.17) is 4.74 Å². The molecule has 1 amide bonds. The average Bonchev–Trinajstić information content (AvgIpc) is 2.64. The number of hydrogen-bond donors (Lipinski definition) is 1. The van der Waals surface area contributed by atoms with Gasteiger partial charge >= 0.3 is 0 Å². The number of ether oxygens (including phenoxy) is 1. The van der Waals surface area contributed by atoms with Gasteiger partial charge in [0, 0.05) is 0 Å². The molecule has 1 heterocycles. The molecule has 0 aliphatic carbocycles. The van der Waals surface area contributed by atoms with Crippen LogP contribution in [0.3, 0.4) is 0 Å². The zero-order valence-electron chi connectivity index (χ0n) is 14.9. The molecule has 0 spiro atoms. The molecule has 0 aliphatic heterocycles. The summed E-state index contributed by atoms with van der Waals surface area (Å²) in [7, 11) is 0. The zero-order chi connectivity index (χ0) is 18.5. The van der Waals surface area contributed by atoms with E-state index in [0.29, 0.717) is 28.9 Å². The molecule has 0 saturated heterocycles. The molecule has 0 aliphatic rings. The molecule has 0 bridgehead atoms. The third kappa shape index (κ3) is 3.74. The van der Waals surface area contributed by atoms with E-state index >= 15 is 0 Å². The highest BCUT2D eigenvalue weighted by atomic mass is 16.5. The summed E-state index contributed by atoms with van der Waals surface area (Å²) in [5.41, 5.74) is 1.94. The molecule has 26 heavy (non-hydrogen) atoms. The number of para-hydroxylation sites is 3. The van der Waals surface area contributed by atoms with Crippen LogP contribution in [0, 0.1) is 6.92 Å². The van der Waals surface area contributed by atoms with Crippen LogP contribution in [0.25, 0.3) is 10.9 Å². The summed E-state index contributed by atoms with van der Waals surface area (Å²) in [5.74, 6) is 0.302. The molecule has 0 saturated carbocycles. The van der Waals surface area contributed by atoms with E-state index in [1.165, 1.54) is 10.9 Å². The maximum atomic E-state index is 12.6. The van der Waals surface area contributed by atoms with Crippen molar-refractivity contribution in [2.75, 3.05) is 11.9 Å². The predicted molar refractivity (Wildman–Crippen MR) is 102 cm³/mol. The molecule has 6 nitrogen and oxygen atoms in total. The van der Waals surface area contributed by atoms with Gasteiger partial charge in [-0.1, -0.05) is 31.2 Å². The number of benzene rings is 2. The van der Waals surface area contributed by atoms with Crippen molar-refractivity contribution in [3.63, 3.8) is 0 Å². The van der Waals surface area contributed by atoms with Crippen molar-refractivity contribution >= 4 is 22.5 Å². The number of nitrogens with zero attached hydrogens (tertiary/aromatic N) is 2. The summed E-state index contributed by atoms with van der Waals surface area (Å²) in [6.45, 7) is 4.37. The van der Waals surface area contributed by atoms with Crippen molar-refractivity contribution in [3.8, 4) is 5.75 Å². The number of fused-ring (bicyclic) bond motifs is 1. The smallest absolute Gasteiger partial charge is 0.261 e. The lowest BCUT2D eigenvalue weighted by Gasteiger charge is -2.12. The Kier molecular flexibility index (Phi) is 5.31. The van der Waals surface area contributed by atoms with Gasteiger partial charge in [-0.2, -0.15) is 0 Å². The van der Waals surface area contributed by atoms with Gasteiger partial charge in [0.15, 0.2) is 0 Å². The van der Waals surface area contributed by atoms with E-state index in [1.54, 1.807) is 18.2 Å². The topological polar surface area (TPSA) is 73.2 Å². The van der Waals surface area contributed by atoms with Crippen LogP contribution in [-0.2, 0) is 11.3 Å². The maximum Gasteiger partial charge on any atom is 0.261 e. The second-order valence-corrected chi connectivity index (χ2v) is 6.04. The summed E-state index contributed by atoms with van der Waals surface area (Å²) in [5, 5.41) is 3.31. The Morgan fingerprint density at radius 3 is 2.81 bits per heavy atom. The Balaban J connectivity index is 1.80. The molecule has 3 aromatic rings. The molecule has 3 rings (SSSR count). The van der Waals surface area contributed by atoms with Crippen LogP contribution in [0.2, 0.25) is 0 Å². The molecule has 0 fully saturated rings. The highest BCUT2D eigenvalue weighted by Crippen LogP contribution is 2.23.